The van der Waals surface area contributed by atoms with Crippen LogP contribution in [0.15, 0.2) is 42.5 Å². The molecule has 26 heavy (non-hydrogen) atoms. The van der Waals surface area contributed by atoms with Crippen LogP contribution in [0, 0.1) is 11.3 Å². The highest BCUT2D eigenvalue weighted by molar-refractivity contribution is 5.80. The fourth-order valence-corrected chi connectivity index (χ4v) is 2.38. The topological polar surface area (TPSA) is 80.6 Å². The molecule has 0 radical (unpaired) electrons. The van der Waals surface area contributed by atoms with Crippen LogP contribution in [0.1, 0.15) is 18.1 Å². The molecule has 1 amide bonds. The molecule has 0 aliphatic heterocycles. The molecule has 2 aromatic rings. The minimum absolute atomic E-state index is 0.199. The molecule has 0 saturated heterocycles. The van der Waals surface area contributed by atoms with Gasteiger partial charge >= 0.3 is 0 Å². The molecule has 0 fully saturated rings. The van der Waals surface area contributed by atoms with Crippen LogP contribution in [-0.4, -0.2) is 32.8 Å². The molecule has 0 spiro atoms. The second-order valence-electron chi connectivity index (χ2n) is 5.63. The van der Waals surface area contributed by atoms with Gasteiger partial charge in [-0.2, -0.15) is 5.26 Å². The summed E-state index contributed by atoms with van der Waals surface area (Å²) in [5.41, 5.74) is 1.58. The average molecular weight is 354 g/mol. The summed E-state index contributed by atoms with van der Waals surface area (Å²) in [7, 11) is 3.18. The number of nitrogens with one attached hydrogen (secondary N) is 1. The van der Waals surface area contributed by atoms with Crippen LogP contribution < -0.4 is 19.5 Å². The maximum Gasteiger partial charge on any atom is 0.260 e. The Morgan fingerprint density at radius 3 is 2.42 bits per heavy atom. The molecule has 2 aromatic carbocycles. The van der Waals surface area contributed by atoms with Gasteiger partial charge in [0.15, 0.2) is 17.6 Å². The fraction of sp³-hybridized carbons (Fsp3) is 0.300. The molecule has 0 saturated carbocycles. The molecule has 0 aliphatic rings. The zero-order valence-electron chi connectivity index (χ0n) is 15.1. The molecule has 6 heteroatoms. The molecule has 6 nitrogen and oxygen atoms in total. The van der Waals surface area contributed by atoms with Crippen molar-refractivity contribution in [2.75, 3.05) is 20.8 Å². The summed E-state index contributed by atoms with van der Waals surface area (Å²) in [5, 5.41) is 11.6. The Labute approximate surface area is 153 Å². The molecule has 0 unspecified atom stereocenters. The number of methoxy groups -OCH3 is 2. The van der Waals surface area contributed by atoms with E-state index in [0.29, 0.717) is 35.8 Å². The van der Waals surface area contributed by atoms with Crippen molar-refractivity contribution in [1.29, 1.82) is 5.26 Å². The zero-order valence-corrected chi connectivity index (χ0v) is 15.1. The lowest BCUT2D eigenvalue weighted by molar-refractivity contribution is -0.127. The van der Waals surface area contributed by atoms with E-state index >= 15 is 0 Å². The Morgan fingerprint density at radius 1 is 1.12 bits per heavy atom. The first-order chi connectivity index (χ1) is 12.6. The summed E-state index contributed by atoms with van der Waals surface area (Å²) >= 11 is 0. The Kier molecular flexibility index (Phi) is 6.86. The predicted molar refractivity (Wildman–Crippen MR) is 97.5 cm³/mol. The number of hydrogen-bond donors (Lipinski definition) is 1. The van der Waals surface area contributed by atoms with Crippen LogP contribution in [0.2, 0.25) is 0 Å². The van der Waals surface area contributed by atoms with Crippen LogP contribution in [0.25, 0.3) is 0 Å². The average Bonchev–Trinajstić information content (AvgIpc) is 2.68. The molecule has 2 rings (SSSR count). The van der Waals surface area contributed by atoms with E-state index in [1.165, 1.54) is 0 Å². The van der Waals surface area contributed by atoms with Gasteiger partial charge in [0.2, 0.25) is 0 Å². The lowest BCUT2D eigenvalue weighted by Gasteiger charge is -2.15. The monoisotopic (exact) mass is 354 g/mol. The van der Waals surface area contributed by atoms with Crippen molar-refractivity contribution in [3.63, 3.8) is 0 Å². The van der Waals surface area contributed by atoms with E-state index in [4.69, 9.17) is 19.5 Å². The van der Waals surface area contributed by atoms with E-state index in [-0.39, 0.29) is 5.91 Å². The largest absolute Gasteiger partial charge is 0.493 e. The van der Waals surface area contributed by atoms with E-state index in [1.54, 1.807) is 45.4 Å². The summed E-state index contributed by atoms with van der Waals surface area (Å²) in [4.78, 5) is 12.2. The summed E-state index contributed by atoms with van der Waals surface area (Å²) in [6.07, 6.45) is 0.0312. The molecule has 0 aromatic heterocycles. The molecular formula is C20H22N2O4. The number of nitriles is 1. The van der Waals surface area contributed by atoms with Gasteiger partial charge in [-0.1, -0.05) is 6.07 Å². The van der Waals surface area contributed by atoms with Crippen molar-refractivity contribution >= 4 is 5.91 Å². The SMILES string of the molecule is COc1ccc(CCNC(=O)[C@@H](C)Oc2ccc(C#N)cc2)cc1OC. The Balaban J connectivity index is 1.83. The van der Waals surface area contributed by atoms with E-state index in [1.807, 2.05) is 24.3 Å². The van der Waals surface area contributed by atoms with Gasteiger partial charge in [-0.05, 0) is 55.3 Å². The minimum atomic E-state index is -0.631. The molecule has 1 atom stereocenters. The summed E-state index contributed by atoms with van der Waals surface area (Å²) < 4.78 is 16.1. The number of carbonyl (C=O) groups excluding carboxylic acids is 1. The van der Waals surface area contributed by atoms with E-state index in [2.05, 4.69) is 5.32 Å². The van der Waals surface area contributed by atoms with Crippen LogP contribution in [0.5, 0.6) is 17.2 Å². The first-order valence-corrected chi connectivity index (χ1v) is 8.22. The van der Waals surface area contributed by atoms with E-state index in [0.717, 1.165) is 5.56 Å². The van der Waals surface area contributed by atoms with Crippen LogP contribution in [-0.2, 0) is 11.2 Å². The minimum Gasteiger partial charge on any atom is -0.493 e. The third-order valence-corrected chi connectivity index (χ3v) is 3.83. The van der Waals surface area contributed by atoms with Gasteiger partial charge in [0, 0.05) is 6.54 Å². The van der Waals surface area contributed by atoms with Crippen LogP contribution in [0.4, 0.5) is 0 Å². The molecule has 0 bridgehead atoms. The van der Waals surface area contributed by atoms with Gasteiger partial charge in [0.25, 0.3) is 5.91 Å². The predicted octanol–water partition coefficient (Wildman–Crippen LogP) is 2.70. The van der Waals surface area contributed by atoms with Gasteiger partial charge in [-0.15, -0.1) is 0 Å². The van der Waals surface area contributed by atoms with Crippen molar-refractivity contribution in [2.24, 2.45) is 0 Å². The Morgan fingerprint density at radius 2 is 1.81 bits per heavy atom. The number of amides is 1. The number of nitrogens with zero attached hydrogens (tertiary/aromatic N) is 1. The Bertz CT molecular complexity index is 781. The third-order valence-electron chi connectivity index (χ3n) is 3.83. The number of benzene rings is 2. The van der Waals surface area contributed by atoms with Crippen LogP contribution >= 0.6 is 0 Å². The second-order valence-corrected chi connectivity index (χ2v) is 5.63. The van der Waals surface area contributed by atoms with Crippen molar-refractivity contribution in [3.05, 3.63) is 53.6 Å². The van der Waals surface area contributed by atoms with Crippen molar-refractivity contribution < 1.29 is 19.0 Å². The van der Waals surface area contributed by atoms with Gasteiger partial charge in [0.05, 0.1) is 25.9 Å². The number of hydrogen-bond acceptors (Lipinski definition) is 5. The molecule has 1 N–H and O–H groups in total. The van der Waals surface area contributed by atoms with Gasteiger partial charge in [0.1, 0.15) is 5.75 Å². The normalized spacial score (nSPS) is 11.2. The zero-order chi connectivity index (χ0) is 18.9. The number of rotatable bonds is 8. The number of carbonyl (C=O) groups is 1. The smallest absolute Gasteiger partial charge is 0.260 e. The highest BCUT2D eigenvalue weighted by Crippen LogP contribution is 2.27. The van der Waals surface area contributed by atoms with E-state index < -0.39 is 6.10 Å². The quantitative estimate of drug-likeness (QED) is 0.788. The maximum atomic E-state index is 12.2. The van der Waals surface area contributed by atoms with Crippen molar-refractivity contribution in [1.82, 2.24) is 5.32 Å². The fourth-order valence-electron chi connectivity index (χ4n) is 2.38. The van der Waals surface area contributed by atoms with Gasteiger partial charge in [-0.25, -0.2) is 0 Å². The highest BCUT2D eigenvalue weighted by Gasteiger charge is 2.14. The first-order valence-electron chi connectivity index (χ1n) is 8.22. The summed E-state index contributed by atoms with van der Waals surface area (Å²) in [6.45, 7) is 2.17. The Hall–Kier alpha value is -3.20. The van der Waals surface area contributed by atoms with Crippen molar-refractivity contribution in [3.8, 4) is 23.3 Å². The third kappa shape index (κ3) is 5.15. The molecule has 136 valence electrons. The summed E-state index contributed by atoms with van der Waals surface area (Å²) in [6, 6.07) is 14.3. The van der Waals surface area contributed by atoms with Gasteiger partial charge < -0.3 is 19.5 Å². The lowest BCUT2D eigenvalue weighted by Crippen LogP contribution is -2.37. The highest BCUT2D eigenvalue weighted by atomic mass is 16.5. The molecule has 0 heterocycles. The van der Waals surface area contributed by atoms with E-state index in [9.17, 15) is 4.79 Å². The van der Waals surface area contributed by atoms with Crippen LogP contribution in [0.3, 0.4) is 0 Å². The standard InChI is InChI=1S/C20H22N2O4/c1-14(26-17-7-4-16(13-21)5-8-17)20(23)22-11-10-15-6-9-18(24-2)19(12-15)25-3/h4-9,12,14H,10-11H2,1-3H3,(H,22,23)/t14-/m1/s1. The maximum absolute atomic E-state index is 12.2. The molecule has 0 aliphatic carbocycles. The lowest BCUT2D eigenvalue weighted by atomic mass is 10.1. The van der Waals surface area contributed by atoms with Crippen molar-refractivity contribution in [2.45, 2.75) is 19.4 Å². The summed E-state index contributed by atoms with van der Waals surface area (Å²) in [5.74, 6) is 1.68. The second kappa shape index (κ2) is 9.33. The first kappa shape index (κ1) is 19.1. The van der Waals surface area contributed by atoms with Gasteiger partial charge in [-0.3, -0.25) is 4.79 Å². The molecular weight excluding hydrogens is 332 g/mol. The number of ether oxygens (including phenoxy) is 3.